The molecule has 6 nitrogen and oxygen atoms in total. The number of aliphatic imine (C=N–C) groups is 2. The molecule has 0 fully saturated rings. The molecule has 0 spiro atoms. The molecule has 0 amide bonds. The third kappa shape index (κ3) is 9.28. The molecule has 2 N–H and O–H groups in total. The van der Waals surface area contributed by atoms with Gasteiger partial charge in [0.2, 0.25) is 29.1 Å². The topological polar surface area (TPSA) is 69.8 Å². The van der Waals surface area contributed by atoms with E-state index in [0.29, 0.717) is 48.6 Å². The smallest absolute Gasteiger partial charge is 0.200 e. The van der Waals surface area contributed by atoms with Crippen molar-refractivity contribution >= 4 is 62.3 Å². The maximum Gasteiger partial charge on any atom is 0.200 e. The maximum absolute atomic E-state index is 18.0. The summed E-state index contributed by atoms with van der Waals surface area (Å²) >= 11 is 0. The zero-order valence-corrected chi connectivity index (χ0v) is 47.8. The van der Waals surface area contributed by atoms with Crippen molar-refractivity contribution in [2.24, 2.45) is 9.98 Å². The molecule has 14 rings (SSSR count). The van der Waals surface area contributed by atoms with Crippen LogP contribution >= 0.6 is 0 Å². The Bertz CT molecular complexity index is 5770. The average Bonchev–Trinajstić information content (AvgIpc) is 1.59. The molecule has 35 heteroatoms. The molecule has 12 bridgehead atoms. The van der Waals surface area contributed by atoms with Gasteiger partial charge < -0.3 is 14.7 Å². The van der Waals surface area contributed by atoms with Crippen molar-refractivity contribution in [1.29, 1.82) is 0 Å². The van der Waals surface area contributed by atoms with Crippen LogP contribution in [0.4, 0.5) is 127 Å². The van der Waals surface area contributed by atoms with Crippen LogP contribution in [-0.2, 0) is 0 Å². The van der Waals surface area contributed by atoms with Crippen LogP contribution in [0.15, 0.2) is 87.8 Å². The van der Waals surface area contributed by atoms with Crippen molar-refractivity contribution in [2.45, 2.75) is 6.04 Å². The number of allylic oxidation sites excluding steroid dienone is 6. The molecule has 5 aliphatic heterocycles. The number of H-pyrrole nitrogens is 1. The summed E-state index contributed by atoms with van der Waals surface area (Å²) in [5, 5.41) is -1.32. The molecule has 0 saturated heterocycles. The van der Waals surface area contributed by atoms with Gasteiger partial charge in [-0.25, -0.2) is 142 Å². The van der Waals surface area contributed by atoms with E-state index in [0.717, 1.165) is 0 Å². The third-order valence-electron chi connectivity index (χ3n) is 16.5. The van der Waals surface area contributed by atoms with Gasteiger partial charge in [0.1, 0.15) is 0 Å². The van der Waals surface area contributed by atoms with Gasteiger partial charge in [0.05, 0.1) is 84.4 Å². The molecule has 5 aliphatic rings. The first kappa shape index (κ1) is 66.5. The van der Waals surface area contributed by atoms with Crippen LogP contribution in [0.2, 0.25) is 0 Å². The highest BCUT2D eigenvalue weighted by Gasteiger charge is 2.41. The van der Waals surface area contributed by atoms with Crippen molar-refractivity contribution in [2.75, 3.05) is 0 Å². The Kier molecular flexibility index (Phi) is 15.3. The number of aromatic nitrogens is 3. The van der Waals surface area contributed by atoms with Gasteiger partial charge in [-0.1, -0.05) is 6.08 Å². The predicted octanol–water partition coefficient (Wildman–Crippen LogP) is 17.9. The summed E-state index contributed by atoms with van der Waals surface area (Å²) in [6.07, 6.45) is 3.44. The summed E-state index contributed by atoms with van der Waals surface area (Å²) in [7, 11) is 0. The molecular formula is C66H15F29N6. The van der Waals surface area contributed by atoms with Gasteiger partial charge in [-0.15, -0.1) is 0 Å². The summed E-state index contributed by atoms with van der Waals surface area (Å²) in [6, 6.07) is -1.07. The lowest BCUT2D eigenvalue weighted by Gasteiger charge is -2.19. The Morgan fingerprint density at radius 2 is 0.653 bits per heavy atom. The Morgan fingerprint density at radius 1 is 0.297 bits per heavy atom. The first-order chi connectivity index (χ1) is 47.7. The van der Waals surface area contributed by atoms with Crippen molar-refractivity contribution in [3.8, 4) is 11.1 Å². The third-order valence-corrected chi connectivity index (χ3v) is 16.5. The van der Waals surface area contributed by atoms with E-state index in [1.165, 1.54) is 0 Å². The zero-order valence-electron chi connectivity index (χ0n) is 47.8. The number of nitrogens with zero attached hydrogens (tertiary/aromatic N) is 4. The standard InChI is InChI=1S/C66H15F29N6/c67-37-31(38(68)49(79)59(89)48(37)78)25-13-1-2-15(96-13)26(32-39(69)50(80)60(90)51(81)40(32)70)17-5-6-19(98-17)28-20-8-10-22(100-20)30(35-45(75)56(86)63(93)57(87)46(35)76)24-12-11-23(101(24)66-36(28)47(77)58(88)64(94)65(66)95)29(34-43(73)54(84)62(92)55(85)44(34)74)21-9-7-18(99-21)27(16-4-3-14(25)97-16)33-41(71)52(82)61(91)53(83)42(33)72/h1-12,19,96,98H/b25-14+,26-17+,27-18-,28-20?,29-23+,30-24?. The minimum atomic E-state index is -3.06. The Morgan fingerprint density at radius 3 is 1.12 bits per heavy atom. The molecule has 101 heavy (non-hydrogen) atoms. The minimum absolute atomic E-state index is 0.192. The number of hydrogen-bond acceptors (Lipinski definition) is 4. The van der Waals surface area contributed by atoms with Crippen LogP contribution in [0.25, 0.3) is 62.0 Å². The van der Waals surface area contributed by atoms with Gasteiger partial charge in [0.15, 0.2) is 140 Å². The highest BCUT2D eigenvalue weighted by molar-refractivity contribution is 6.35. The van der Waals surface area contributed by atoms with Crippen LogP contribution in [0.3, 0.4) is 0 Å². The second-order valence-electron chi connectivity index (χ2n) is 21.8. The first-order valence-electron chi connectivity index (χ1n) is 27.6. The van der Waals surface area contributed by atoms with Crippen LogP contribution < -0.4 is 10.7 Å². The summed E-state index contributed by atoms with van der Waals surface area (Å²) < 4.78 is 467. The maximum atomic E-state index is 18.0. The summed E-state index contributed by atoms with van der Waals surface area (Å²) in [6.45, 7) is 0. The number of halogens is 29. The molecule has 0 aliphatic carbocycles. The lowest BCUT2D eigenvalue weighted by atomic mass is 9.97. The van der Waals surface area contributed by atoms with E-state index >= 15 is 110 Å². The molecular weight excluding hydrogens is 1430 g/mol. The number of benzene rings is 6. The van der Waals surface area contributed by atoms with E-state index in [4.69, 9.17) is 0 Å². The van der Waals surface area contributed by atoms with Gasteiger partial charge in [0.25, 0.3) is 0 Å². The lowest BCUT2D eigenvalue weighted by molar-refractivity contribution is 0.376. The van der Waals surface area contributed by atoms with Crippen molar-refractivity contribution in [1.82, 2.24) is 19.7 Å². The normalized spacial score (nSPS) is 18.0. The molecule has 0 saturated carbocycles. The molecule has 1 atom stereocenters. The fourth-order valence-electron chi connectivity index (χ4n) is 12.1. The number of aromatic amines is 1. The molecule has 9 aromatic rings. The molecule has 0 radical (unpaired) electrons. The van der Waals surface area contributed by atoms with Gasteiger partial charge in [-0.05, 0) is 66.8 Å². The Labute approximate surface area is 537 Å². The number of hydrogen-bond donors (Lipinski definition) is 2. The summed E-state index contributed by atoms with van der Waals surface area (Å²) in [5.74, 6) is -84.0. The minimum Gasteiger partial charge on any atom is -0.374 e. The molecule has 8 heterocycles. The van der Waals surface area contributed by atoms with Crippen LogP contribution in [0.1, 0.15) is 56.6 Å². The Hall–Kier alpha value is -11.7. The summed E-state index contributed by atoms with van der Waals surface area (Å²) in [5.41, 5.74) is -36.2. The fourth-order valence-corrected chi connectivity index (χ4v) is 12.1. The van der Waals surface area contributed by atoms with E-state index in [2.05, 4.69) is 25.3 Å². The van der Waals surface area contributed by atoms with E-state index in [-0.39, 0.29) is 28.7 Å². The van der Waals surface area contributed by atoms with Crippen LogP contribution in [-0.4, -0.2) is 25.8 Å². The average molecular weight is 1440 g/mol. The quantitative estimate of drug-likeness (QED) is 0.102. The second kappa shape index (κ2) is 23.2. The van der Waals surface area contributed by atoms with Gasteiger partial charge in [0, 0.05) is 55.9 Å². The largest absolute Gasteiger partial charge is 0.374 e. The highest BCUT2D eigenvalue weighted by Crippen LogP contribution is 2.47. The SMILES string of the molecule is Fc1c(F)c(F)c(/C2=C3\C=CC(=N3)/C(c3c(F)c(F)c(F)c(F)c3F)=C3\C=CC(=N3)/C(c3c(F)c(F)c(F)c(F)c3F)=c3/ccc4c(-c5c(F)c(F)c(F)c(F)c5F)c5nc(c(c6c(F)c(F)c(F)c(F)c6n34)C3C=C/C(=C(\c4c(F)c(F)c(F)c(F)c4F)c4ccc2[nH]4)N3)C=C5)c(F)c1F. The zero-order chi connectivity index (χ0) is 72.8. The van der Waals surface area contributed by atoms with Crippen molar-refractivity contribution in [3.05, 3.63) is 302 Å². The number of rotatable bonds is 5. The fraction of sp³-hybridized carbons (Fsp3) is 0.0152. The summed E-state index contributed by atoms with van der Waals surface area (Å²) in [4.78, 5) is 14.1. The monoisotopic (exact) mass is 1440 g/mol. The highest BCUT2D eigenvalue weighted by atomic mass is 19.2. The van der Waals surface area contributed by atoms with Crippen LogP contribution in [0, 0.1) is 169 Å². The Balaban J connectivity index is 1.29. The number of fused-ring (bicyclic) bond motifs is 10. The molecule has 512 valence electrons. The first-order valence-corrected chi connectivity index (χ1v) is 27.6. The molecule has 1 unspecified atom stereocenters. The molecule has 3 aromatic heterocycles. The molecule has 6 aromatic carbocycles. The van der Waals surface area contributed by atoms with E-state index in [1.807, 2.05) is 0 Å². The van der Waals surface area contributed by atoms with Gasteiger partial charge in [-0.3, -0.25) is 0 Å². The van der Waals surface area contributed by atoms with Crippen molar-refractivity contribution in [3.63, 3.8) is 0 Å². The lowest BCUT2D eigenvalue weighted by Crippen LogP contribution is -2.23. The second-order valence-corrected chi connectivity index (χ2v) is 21.8. The van der Waals surface area contributed by atoms with E-state index in [9.17, 15) is 17.6 Å². The van der Waals surface area contributed by atoms with Gasteiger partial charge >= 0.3 is 0 Å². The van der Waals surface area contributed by atoms with E-state index < -0.39 is 309 Å². The van der Waals surface area contributed by atoms with Gasteiger partial charge in [-0.2, -0.15) is 0 Å². The van der Waals surface area contributed by atoms with Crippen molar-refractivity contribution < 1.29 is 127 Å². The van der Waals surface area contributed by atoms with Crippen LogP contribution in [0.5, 0.6) is 0 Å². The van der Waals surface area contributed by atoms with E-state index in [1.54, 1.807) is 0 Å². The number of nitrogens with one attached hydrogen (secondary N) is 2. The predicted molar refractivity (Wildman–Crippen MR) is 295 cm³/mol.